The van der Waals surface area contributed by atoms with E-state index in [1.807, 2.05) is 5.32 Å². The Morgan fingerprint density at radius 1 is 1.32 bits per heavy atom. The fraction of sp³-hybridized carbons (Fsp3) is 0.273. The number of hydrogen-bond acceptors (Lipinski definition) is 3. The molecule has 1 rings (SSSR count). The summed E-state index contributed by atoms with van der Waals surface area (Å²) in [6.45, 7) is -0.326. The zero-order chi connectivity index (χ0) is 14.6. The zero-order valence-electron chi connectivity index (χ0n) is 9.75. The number of halogens is 3. The van der Waals surface area contributed by atoms with Crippen LogP contribution in [0.5, 0.6) is 0 Å². The minimum atomic E-state index is -1.71. The molecule has 104 valence electrons. The summed E-state index contributed by atoms with van der Waals surface area (Å²) in [4.78, 5) is 22.3. The first kappa shape index (κ1) is 15.0. The molecule has 1 aromatic carbocycles. The Bertz CT molecular complexity index is 484. The van der Waals surface area contributed by atoms with Crippen molar-refractivity contribution in [3.8, 4) is 0 Å². The summed E-state index contributed by atoms with van der Waals surface area (Å²) in [5.41, 5.74) is -0.529. The number of carboxylic acids is 1. The number of carbonyl (C=O) groups is 2. The van der Waals surface area contributed by atoms with Crippen molar-refractivity contribution in [1.82, 2.24) is 5.32 Å². The molecule has 0 bridgehead atoms. The van der Waals surface area contributed by atoms with E-state index in [0.29, 0.717) is 12.1 Å². The molecule has 0 spiro atoms. The van der Waals surface area contributed by atoms with Crippen molar-refractivity contribution >= 4 is 11.9 Å². The van der Waals surface area contributed by atoms with E-state index >= 15 is 0 Å². The van der Waals surface area contributed by atoms with E-state index in [1.165, 1.54) is 7.11 Å². The molecule has 1 amide bonds. The van der Waals surface area contributed by atoms with E-state index in [1.54, 1.807) is 0 Å². The smallest absolute Gasteiger partial charge is 0.328 e. The van der Waals surface area contributed by atoms with Crippen LogP contribution in [0.1, 0.15) is 10.4 Å². The molecule has 0 fully saturated rings. The summed E-state index contributed by atoms with van der Waals surface area (Å²) in [6.07, 6.45) is 0. The quantitative estimate of drug-likeness (QED) is 0.785. The van der Waals surface area contributed by atoms with Gasteiger partial charge in [-0.15, -0.1) is 0 Å². The second-order valence-corrected chi connectivity index (χ2v) is 3.57. The van der Waals surface area contributed by atoms with Crippen LogP contribution in [0, 0.1) is 17.5 Å². The summed E-state index contributed by atoms with van der Waals surface area (Å²) in [5, 5.41) is 10.7. The number of methoxy groups -OCH3 is 1. The molecule has 1 aromatic rings. The third-order valence-electron chi connectivity index (χ3n) is 2.18. The van der Waals surface area contributed by atoms with Crippen molar-refractivity contribution < 1.29 is 32.6 Å². The van der Waals surface area contributed by atoms with Crippen molar-refractivity contribution in [2.75, 3.05) is 13.7 Å². The van der Waals surface area contributed by atoms with Gasteiger partial charge < -0.3 is 15.2 Å². The number of amides is 1. The number of benzene rings is 1. The van der Waals surface area contributed by atoms with Gasteiger partial charge in [0.15, 0.2) is 23.5 Å². The Labute approximate surface area is 106 Å². The normalized spacial score (nSPS) is 12.0. The average Bonchev–Trinajstić information content (AvgIpc) is 2.34. The second-order valence-electron chi connectivity index (χ2n) is 3.57. The SMILES string of the molecule is COCC(NC(=O)c1cc(F)c(F)c(F)c1)C(=O)O. The molecule has 0 aromatic heterocycles. The van der Waals surface area contributed by atoms with E-state index in [-0.39, 0.29) is 6.61 Å². The van der Waals surface area contributed by atoms with Crippen LogP contribution in [0.15, 0.2) is 12.1 Å². The van der Waals surface area contributed by atoms with Crippen molar-refractivity contribution in [1.29, 1.82) is 0 Å². The molecule has 0 radical (unpaired) electrons. The van der Waals surface area contributed by atoms with Crippen LogP contribution in [-0.2, 0) is 9.53 Å². The average molecular weight is 277 g/mol. The lowest BCUT2D eigenvalue weighted by molar-refractivity contribution is -0.140. The lowest BCUT2D eigenvalue weighted by atomic mass is 10.1. The van der Waals surface area contributed by atoms with Crippen LogP contribution in [0.25, 0.3) is 0 Å². The maximum Gasteiger partial charge on any atom is 0.328 e. The summed E-state index contributed by atoms with van der Waals surface area (Å²) in [6, 6.07) is -0.437. The van der Waals surface area contributed by atoms with Gasteiger partial charge in [-0.2, -0.15) is 0 Å². The van der Waals surface area contributed by atoms with Gasteiger partial charge >= 0.3 is 5.97 Å². The molecule has 0 saturated heterocycles. The Morgan fingerprint density at radius 2 is 1.84 bits per heavy atom. The van der Waals surface area contributed by atoms with E-state index in [4.69, 9.17) is 5.11 Å². The van der Waals surface area contributed by atoms with Gasteiger partial charge in [-0.3, -0.25) is 4.79 Å². The minimum absolute atomic E-state index is 0.326. The number of carbonyl (C=O) groups excluding carboxylic acids is 1. The van der Waals surface area contributed by atoms with E-state index in [2.05, 4.69) is 4.74 Å². The van der Waals surface area contributed by atoms with Gasteiger partial charge in [0.25, 0.3) is 5.91 Å². The first-order valence-electron chi connectivity index (χ1n) is 5.04. The first-order chi connectivity index (χ1) is 8.86. The molecule has 5 nitrogen and oxygen atoms in total. The van der Waals surface area contributed by atoms with Crippen LogP contribution in [0.4, 0.5) is 13.2 Å². The summed E-state index contributed by atoms with van der Waals surface area (Å²) in [7, 11) is 1.22. The van der Waals surface area contributed by atoms with E-state index < -0.39 is 40.9 Å². The van der Waals surface area contributed by atoms with Crippen molar-refractivity contribution in [2.45, 2.75) is 6.04 Å². The van der Waals surface area contributed by atoms with Crippen LogP contribution in [-0.4, -0.2) is 36.7 Å². The molecule has 2 N–H and O–H groups in total. The molecular formula is C11H10F3NO4. The monoisotopic (exact) mass is 277 g/mol. The van der Waals surface area contributed by atoms with Gasteiger partial charge in [0.05, 0.1) is 6.61 Å². The van der Waals surface area contributed by atoms with Crippen molar-refractivity contribution in [3.63, 3.8) is 0 Å². The Kier molecular flexibility index (Phi) is 4.87. The fourth-order valence-corrected chi connectivity index (χ4v) is 1.27. The van der Waals surface area contributed by atoms with Crippen LogP contribution < -0.4 is 5.32 Å². The first-order valence-corrected chi connectivity index (χ1v) is 5.04. The largest absolute Gasteiger partial charge is 0.480 e. The third kappa shape index (κ3) is 3.68. The number of aliphatic carboxylic acids is 1. The zero-order valence-corrected chi connectivity index (χ0v) is 9.75. The number of ether oxygens (including phenoxy) is 1. The standard InChI is InChI=1S/C11H10F3NO4/c1-19-4-8(11(17)18)15-10(16)5-2-6(12)9(14)7(13)3-5/h2-3,8H,4H2,1H3,(H,15,16)(H,17,18). The Morgan fingerprint density at radius 3 is 2.26 bits per heavy atom. The number of nitrogens with one attached hydrogen (secondary N) is 1. The fourth-order valence-electron chi connectivity index (χ4n) is 1.27. The summed E-state index contributed by atoms with van der Waals surface area (Å²) in [5.74, 6) is -7.21. The Hall–Kier alpha value is -2.09. The lowest BCUT2D eigenvalue weighted by Crippen LogP contribution is -2.43. The molecule has 8 heteroatoms. The van der Waals surface area contributed by atoms with Crippen molar-refractivity contribution in [2.24, 2.45) is 0 Å². The van der Waals surface area contributed by atoms with Gasteiger partial charge in [0.1, 0.15) is 0 Å². The van der Waals surface area contributed by atoms with Crippen molar-refractivity contribution in [3.05, 3.63) is 35.1 Å². The number of rotatable bonds is 5. The molecule has 1 unspecified atom stereocenters. The summed E-state index contributed by atoms with van der Waals surface area (Å²) >= 11 is 0. The molecule has 0 aliphatic rings. The molecule has 0 heterocycles. The highest BCUT2D eigenvalue weighted by atomic mass is 19.2. The Balaban J connectivity index is 2.91. The molecular weight excluding hydrogens is 267 g/mol. The molecule has 0 saturated carbocycles. The minimum Gasteiger partial charge on any atom is -0.480 e. The van der Waals surface area contributed by atoms with E-state index in [0.717, 1.165) is 0 Å². The van der Waals surface area contributed by atoms with Gasteiger partial charge in [0, 0.05) is 12.7 Å². The van der Waals surface area contributed by atoms with Crippen LogP contribution in [0.2, 0.25) is 0 Å². The second kappa shape index (κ2) is 6.19. The molecule has 1 atom stereocenters. The lowest BCUT2D eigenvalue weighted by Gasteiger charge is -2.13. The van der Waals surface area contributed by atoms with Gasteiger partial charge in [-0.25, -0.2) is 18.0 Å². The predicted molar refractivity (Wildman–Crippen MR) is 57.1 cm³/mol. The third-order valence-corrected chi connectivity index (χ3v) is 2.18. The highest BCUT2D eigenvalue weighted by molar-refractivity contribution is 5.96. The maximum absolute atomic E-state index is 12.9. The number of carboxylic acid groups (broad SMARTS) is 1. The van der Waals surface area contributed by atoms with Crippen LogP contribution in [0.3, 0.4) is 0 Å². The maximum atomic E-state index is 12.9. The molecule has 19 heavy (non-hydrogen) atoms. The highest BCUT2D eigenvalue weighted by Gasteiger charge is 2.22. The van der Waals surface area contributed by atoms with Gasteiger partial charge in [0.2, 0.25) is 0 Å². The van der Waals surface area contributed by atoms with Crippen LogP contribution >= 0.6 is 0 Å². The van der Waals surface area contributed by atoms with E-state index in [9.17, 15) is 22.8 Å². The number of hydrogen-bond donors (Lipinski definition) is 2. The molecule has 0 aliphatic carbocycles. The van der Waals surface area contributed by atoms with Gasteiger partial charge in [-0.05, 0) is 12.1 Å². The topological polar surface area (TPSA) is 75.6 Å². The highest BCUT2D eigenvalue weighted by Crippen LogP contribution is 2.13. The molecule has 0 aliphatic heterocycles. The summed E-state index contributed by atoms with van der Waals surface area (Å²) < 4.78 is 43.1. The predicted octanol–water partition coefficient (Wildman–Crippen LogP) is 0.933. The van der Waals surface area contributed by atoms with Gasteiger partial charge in [-0.1, -0.05) is 0 Å².